The van der Waals surface area contributed by atoms with Gasteiger partial charge in [0.25, 0.3) is 0 Å². The third kappa shape index (κ3) is 3.59. The van der Waals surface area contributed by atoms with E-state index in [1.807, 2.05) is 4.90 Å². The summed E-state index contributed by atoms with van der Waals surface area (Å²) in [6.45, 7) is 3.99. The normalized spacial score (nSPS) is 21.4. The number of carbonyl (C=O) groups is 1. The topological polar surface area (TPSA) is 20.3 Å². The van der Waals surface area contributed by atoms with E-state index < -0.39 is 0 Å². The molecule has 0 saturated carbocycles. The molecule has 1 fully saturated rings. The number of amides is 1. The van der Waals surface area contributed by atoms with Crippen molar-refractivity contribution in [3.8, 4) is 0 Å². The first-order valence-electron chi connectivity index (χ1n) is 5.12. The van der Waals surface area contributed by atoms with Gasteiger partial charge in [0.2, 0.25) is 5.91 Å². The fourth-order valence-electron chi connectivity index (χ4n) is 1.67. The van der Waals surface area contributed by atoms with Gasteiger partial charge in [-0.15, -0.1) is 0 Å². The smallest absolute Gasteiger partial charge is 0.222 e. The average molecular weight is 201 g/mol. The Labute approximate surface area is 86.1 Å². The number of hydrogen-bond donors (Lipinski definition) is 1. The minimum absolute atomic E-state index is 0.339. The molecule has 1 aliphatic rings. The quantitative estimate of drug-likeness (QED) is 0.692. The average Bonchev–Trinajstić information content (AvgIpc) is 2.32. The van der Waals surface area contributed by atoms with Gasteiger partial charge in [0.05, 0.1) is 0 Å². The minimum atomic E-state index is 0.339. The van der Waals surface area contributed by atoms with Crippen molar-refractivity contribution in [3.05, 3.63) is 0 Å². The summed E-state index contributed by atoms with van der Waals surface area (Å²) in [4.78, 5) is 13.6. The Hall–Kier alpha value is -0.180. The second-order valence-corrected chi connectivity index (χ2v) is 4.30. The number of carbonyl (C=O) groups excluding carboxylic acids is 1. The molecular weight excluding hydrogens is 182 g/mol. The van der Waals surface area contributed by atoms with Crippen LogP contribution < -0.4 is 0 Å². The van der Waals surface area contributed by atoms with E-state index in [2.05, 4.69) is 19.6 Å². The molecule has 76 valence electrons. The van der Waals surface area contributed by atoms with Crippen LogP contribution in [0.25, 0.3) is 0 Å². The van der Waals surface area contributed by atoms with Crippen LogP contribution in [-0.4, -0.2) is 29.6 Å². The first-order chi connectivity index (χ1) is 6.24. The van der Waals surface area contributed by atoms with Gasteiger partial charge in [-0.3, -0.25) is 4.79 Å². The number of thiol groups is 1. The molecule has 0 aliphatic carbocycles. The lowest BCUT2D eigenvalue weighted by atomic mass is 10.2. The molecule has 1 heterocycles. The molecule has 0 aromatic carbocycles. The maximum Gasteiger partial charge on any atom is 0.222 e. The Morgan fingerprint density at radius 2 is 2.23 bits per heavy atom. The van der Waals surface area contributed by atoms with Crippen molar-refractivity contribution in [1.29, 1.82) is 0 Å². The Morgan fingerprint density at radius 3 is 2.92 bits per heavy atom. The molecule has 1 rings (SSSR count). The second kappa shape index (κ2) is 5.53. The third-order valence-electron chi connectivity index (χ3n) is 2.52. The lowest BCUT2D eigenvalue weighted by molar-refractivity contribution is -0.131. The van der Waals surface area contributed by atoms with Crippen LogP contribution in [-0.2, 0) is 4.79 Å². The van der Waals surface area contributed by atoms with Crippen LogP contribution >= 0.6 is 12.6 Å². The molecule has 0 spiro atoms. The molecule has 0 bridgehead atoms. The maximum atomic E-state index is 11.6. The molecule has 0 aromatic heterocycles. The van der Waals surface area contributed by atoms with Crippen molar-refractivity contribution in [1.82, 2.24) is 4.90 Å². The van der Waals surface area contributed by atoms with E-state index in [4.69, 9.17) is 0 Å². The van der Waals surface area contributed by atoms with Crippen LogP contribution in [0.5, 0.6) is 0 Å². The standard InChI is InChI=1S/C10H19NOS/c1-9(8-13)7-11-6-4-2-3-5-10(11)12/h9,13H,2-8H2,1H3. The van der Waals surface area contributed by atoms with Crippen molar-refractivity contribution < 1.29 is 4.79 Å². The fourth-order valence-corrected chi connectivity index (χ4v) is 1.78. The zero-order valence-corrected chi connectivity index (χ0v) is 9.22. The minimum Gasteiger partial charge on any atom is -0.342 e. The SMILES string of the molecule is CC(CS)CN1CCCCCC1=O. The predicted molar refractivity (Wildman–Crippen MR) is 58.1 cm³/mol. The monoisotopic (exact) mass is 201 g/mol. The first kappa shape index (κ1) is 10.9. The van der Waals surface area contributed by atoms with Gasteiger partial charge in [0.1, 0.15) is 0 Å². The molecular formula is C10H19NOS. The van der Waals surface area contributed by atoms with Crippen LogP contribution in [0.4, 0.5) is 0 Å². The van der Waals surface area contributed by atoms with Crippen molar-refractivity contribution >= 4 is 18.5 Å². The first-order valence-corrected chi connectivity index (χ1v) is 5.76. The van der Waals surface area contributed by atoms with Gasteiger partial charge >= 0.3 is 0 Å². The highest BCUT2D eigenvalue weighted by atomic mass is 32.1. The van der Waals surface area contributed by atoms with E-state index in [9.17, 15) is 4.79 Å². The van der Waals surface area contributed by atoms with Crippen molar-refractivity contribution in [2.45, 2.75) is 32.6 Å². The summed E-state index contributed by atoms with van der Waals surface area (Å²) in [5, 5.41) is 0. The largest absolute Gasteiger partial charge is 0.342 e. The highest BCUT2D eigenvalue weighted by molar-refractivity contribution is 7.80. The summed E-state index contributed by atoms with van der Waals surface area (Å²) in [5.74, 6) is 1.72. The van der Waals surface area contributed by atoms with Gasteiger partial charge in [-0.25, -0.2) is 0 Å². The van der Waals surface area contributed by atoms with Gasteiger partial charge in [-0.1, -0.05) is 13.3 Å². The van der Waals surface area contributed by atoms with Gasteiger partial charge < -0.3 is 4.90 Å². The predicted octanol–water partition coefficient (Wildman–Crippen LogP) is 1.95. The Morgan fingerprint density at radius 1 is 1.46 bits per heavy atom. The molecule has 0 aromatic rings. The maximum absolute atomic E-state index is 11.6. The van der Waals surface area contributed by atoms with Crippen LogP contribution in [0.1, 0.15) is 32.6 Å². The van der Waals surface area contributed by atoms with Crippen LogP contribution in [0.3, 0.4) is 0 Å². The second-order valence-electron chi connectivity index (χ2n) is 3.94. The lowest BCUT2D eigenvalue weighted by Crippen LogP contribution is -2.34. The molecule has 1 unspecified atom stereocenters. The summed E-state index contributed by atoms with van der Waals surface area (Å²) in [5.41, 5.74) is 0. The van der Waals surface area contributed by atoms with E-state index in [1.165, 1.54) is 12.8 Å². The van der Waals surface area contributed by atoms with Crippen LogP contribution in [0, 0.1) is 5.92 Å². The van der Waals surface area contributed by atoms with Crippen LogP contribution in [0.2, 0.25) is 0 Å². The zero-order chi connectivity index (χ0) is 9.68. The molecule has 0 radical (unpaired) electrons. The molecule has 13 heavy (non-hydrogen) atoms. The highest BCUT2D eigenvalue weighted by Gasteiger charge is 2.17. The molecule has 3 heteroatoms. The highest BCUT2D eigenvalue weighted by Crippen LogP contribution is 2.13. The Balaban J connectivity index is 2.40. The van der Waals surface area contributed by atoms with E-state index >= 15 is 0 Å². The van der Waals surface area contributed by atoms with Crippen molar-refractivity contribution in [2.24, 2.45) is 5.92 Å². The van der Waals surface area contributed by atoms with Crippen molar-refractivity contribution in [3.63, 3.8) is 0 Å². The summed E-state index contributed by atoms with van der Waals surface area (Å²) in [7, 11) is 0. The Kier molecular flexibility index (Phi) is 4.64. The van der Waals surface area contributed by atoms with E-state index in [0.717, 1.165) is 31.7 Å². The summed E-state index contributed by atoms with van der Waals surface area (Å²) in [6.07, 6.45) is 4.20. The van der Waals surface area contributed by atoms with Crippen molar-refractivity contribution in [2.75, 3.05) is 18.8 Å². The molecule has 1 amide bonds. The fraction of sp³-hybridized carbons (Fsp3) is 0.900. The van der Waals surface area contributed by atoms with Gasteiger partial charge in [-0.2, -0.15) is 12.6 Å². The summed E-state index contributed by atoms with van der Waals surface area (Å²) < 4.78 is 0. The van der Waals surface area contributed by atoms with E-state index in [-0.39, 0.29) is 0 Å². The summed E-state index contributed by atoms with van der Waals surface area (Å²) >= 11 is 4.23. The zero-order valence-electron chi connectivity index (χ0n) is 8.33. The molecule has 1 aliphatic heterocycles. The van der Waals surface area contributed by atoms with E-state index in [1.54, 1.807) is 0 Å². The number of rotatable bonds is 3. The lowest BCUT2D eigenvalue weighted by Gasteiger charge is -2.23. The van der Waals surface area contributed by atoms with Crippen LogP contribution in [0.15, 0.2) is 0 Å². The third-order valence-corrected chi connectivity index (χ3v) is 3.14. The number of likely N-dealkylation sites (tertiary alicyclic amines) is 1. The number of hydrogen-bond acceptors (Lipinski definition) is 2. The van der Waals surface area contributed by atoms with Gasteiger partial charge in [0.15, 0.2) is 0 Å². The van der Waals surface area contributed by atoms with Gasteiger partial charge in [-0.05, 0) is 24.5 Å². The molecule has 1 saturated heterocycles. The molecule has 1 atom stereocenters. The molecule has 2 nitrogen and oxygen atoms in total. The van der Waals surface area contributed by atoms with E-state index in [0.29, 0.717) is 11.8 Å². The van der Waals surface area contributed by atoms with Gasteiger partial charge in [0, 0.05) is 19.5 Å². The molecule has 0 N–H and O–H groups in total. The summed E-state index contributed by atoms with van der Waals surface area (Å²) in [6, 6.07) is 0. The Bertz CT molecular complexity index is 172. The number of nitrogens with zero attached hydrogens (tertiary/aromatic N) is 1.